The first-order valence-corrected chi connectivity index (χ1v) is 3.35. The molecule has 0 aliphatic carbocycles. The summed E-state index contributed by atoms with van der Waals surface area (Å²) in [6, 6.07) is 0. The number of hydrogen-bond acceptors (Lipinski definition) is 3. The van der Waals surface area contributed by atoms with E-state index in [0.29, 0.717) is 0 Å². The molecule has 0 saturated heterocycles. The number of hydrogen-bond donors (Lipinski definition) is 1. The Morgan fingerprint density at radius 3 is 2.64 bits per heavy atom. The van der Waals surface area contributed by atoms with Crippen molar-refractivity contribution >= 4 is 12.0 Å². The number of imide groups is 1. The molecule has 0 aromatic rings. The van der Waals surface area contributed by atoms with Gasteiger partial charge in [0.1, 0.15) is 6.09 Å². The van der Waals surface area contributed by atoms with Gasteiger partial charge in [-0.05, 0) is 12.5 Å². The van der Waals surface area contributed by atoms with Crippen LogP contribution in [-0.2, 0) is 4.79 Å². The van der Waals surface area contributed by atoms with E-state index in [-0.39, 0.29) is 0 Å². The van der Waals surface area contributed by atoms with Crippen LogP contribution in [0.3, 0.4) is 0 Å². The first-order valence-electron chi connectivity index (χ1n) is 3.35. The van der Waals surface area contributed by atoms with Crippen LogP contribution in [0.25, 0.3) is 0 Å². The average Bonchev–Trinajstić information content (AvgIpc) is 1.86. The minimum absolute atomic E-state index is 0.654. The normalized spacial score (nSPS) is 9.91. The van der Waals surface area contributed by atoms with Crippen molar-refractivity contribution in [1.29, 1.82) is 0 Å². The van der Waals surface area contributed by atoms with Gasteiger partial charge in [-0.15, -0.1) is 0 Å². The van der Waals surface area contributed by atoms with Gasteiger partial charge in [-0.3, -0.25) is 4.79 Å². The fraction of sp³-hybridized carbons (Fsp3) is 0.429. The molecule has 0 rings (SSSR count). The predicted octanol–water partition coefficient (Wildman–Crippen LogP) is -0.198. The van der Waals surface area contributed by atoms with Crippen molar-refractivity contribution in [2.75, 3.05) is 0 Å². The standard InChI is InChI=1S/C7H11NO3/c1-2-3-4-5-6(9)8-7(10)11/h4-5H,2-3H2,1H3,(H,8,9)(H,10,11)/p-1/b5-4+. The molecule has 0 heterocycles. The molecule has 0 aromatic heterocycles. The van der Waals surface area contributed by atoms with Crippen LogP contribution in [0.2, 0.25) is 0 Å². The van der Waals surface area contributed by atoms with Gasteiger partial charge < -0.3 is 15.2 Å². The molecule has 0 radical (unpaired) electrons. The number of carbonyl (C=O) groups excluding carboxylic acids is 2. The van der Waals surface area contributed by atoms with Gasteiger partial charge in [-0.2, -0.15) is 0 Å². The number of carbonyl (C=O) groups is 2. The van der Waals surface area contributed by atoms with Gasteiger partial charge in [0.2, 0.25) is 5.91 Å². The summed E-state index contributed by atoms with van der Waals surface area (Å²) in [4.78, 5) is 20.3. The quantitative estimate of drug-likeness (QED) is 0.575. The Morgan fingerprint density at radius 1 is 1.55 bits per heavy atom. The molecule has 0 aliphatic rings. The fourth-order valence-electron chi connectivity index (χ4n) is 0.499. The predicted molar refractivity (Wildman–Crippen MR) is 37.6 cm³/mol. The van der Waals surface area contributed by atoms with Crippen LogP contribution in [0.15, 0.2) is 12.2 Å². The van der Waals surface area contributed by atoms with Gasteiger partial charge in [0.25, 0.3) is 0 Å². The Labute approximate surface area is 64.9 Å². The molecule has 0 bridgehead atoms. The van der Waals surface area contributed by atoms with Gasteiger partial charge >= 0.3 is 0 Å². The van der Waals surface area contributed by atoms with E-state index >= 15 is 0 Å². The molecule has 4 heteroatoms. The largest absolute Gasteiger partial charge is 0.530 e. The number of rotatable bonds is 3. The van der Waals surface area contributed by atoms with Crippen LogP contribution in [0.4, 0.5) is 4.79 Å². The van der Waals surface area contributed by atoms with Crippen molar-refractivity contribution in [3.05, 3.63) is 12.2 Å². The van der Waals surface area contributed by atoms with Crippen molar-refractivity contribution in [2.24, 2.45) is 0 Å². The van der Waals surface area contributed by atoms with E-state index in [0.717, 1.165) is 12.8 Å². The lowest BCUT2D eigenvalue weighted by Gasteiger charge is -1.99. The van der Waals surface area contributed by atoms with Crippen LogP contribution in [0.1, 0.15) is 19.8 Å². The topological polar surface area (TPSA) is 69.2 Å². The third-order valence-electron chi connectivity index (χ3n) is 0.950. The van der Waals surface area contributed by atoms with Crippen LogP contribution >= 0.6 is 0 Å². The van der Waals surface area contributed by atoms with E-state index in [2.05, 4.69) is 0 Å². The van der Waals surface area contributed by atoms with Gasteiger partial charge in [-0.25, -0.2) is 0 Å². The molecule has 1 N–H and O–H groups in total. The summed E-state index contributed by atoms with van der Waals surface area (Å²) in [7, 11) is 0. The molecular formula is C7H10NO3-. The third-order valence-corrected chi connectivity index (χ3v) is 0.950. The maximum atomic E-state index is 10.5. The minimum atomic E-state index is -1.57. The molecular weight excluding hydrogens is 146 g/mol. The highest BCUT2D eigenvalue weighted by atomic mass is 16.4. The maximum absolute atomic E-state index is 10.5. The molecule has 0 aromatic carbocycles. The molecule has 0 spiro atoms. The summed E-state index contributed by atoms with van der Waals surface area (Å²) in [5.74, 6) is -0.654. The second-order valence-electron chi connectivity index (χ2n) is 1.97. The Morgan fingerprint density at radius 2 is 2.18 bits per heavy atom. The monoisotopic (exact) mass is 156 g/mol. The highest BCUT2D eigenvalue weighted by Crippen LogP contribution is 1.87. The lowest BCUT2D eigenvalue weighted by Crippen LogP contribution is -2.39. The van der Waals surface area contributed by atoms with Gasteiger partial charge in [-0.1, -0.05) is 19.4 Å². The van der Waals surface area contributed by atoms with Crippen molar-refractivity contribution in [1.82, 2.24) is 5.32 Å². The van der Waals surface area contributed by atoms with Gasteiger partial charge in [0.15, 0.2) is 0 Å². The number of nitrogens with one attached hydrogen (secondary N) is 1. The average molecular weight is 156 g/mol. The van der Waals surface area contributed by atoms with Gasteiger partial charge in [0, 0.05) is 0 Å². The summed E-state index contributed by atoms with van der Waals surface area (Å²) < 4.78 is 0. The van der Waals surface area contributed by atoms with E-state index < -0.39 is 12.0 Å². The lowest BCUT2D eigenvalue weighted by atomic mass is 10.3. The van der Waals surface area contributed by atoms with Gasteiger partial charge in [0.05, 0.1) is 0 Å². The zero-order valence-corrected chi connectivity index (χ0v) is 6.29. The summed E-state index contributed by atoms with van der Waals surface area (Å²) in [5, 5.41) is 11.3. The van der Waals surface area contributed by atoms with E-state index in [9.17, 15) is 14.7 Å². The van der Waals surface area contributed by atoms with Crippen LogP contribution in [0.5, 0.6) is 0 Å². The first kappa shape index (κ1) is 9.68. The van der Waals surface area contributed by atoms with Crippen molar-refractivity contribution in [3.8, 4) is 0 Å². The summed E-state index contributed by atoms with van der Waals surface area (Å²) in [5.41, 5.74) is 0. The van der Waals surface area contributed by atoms with Crippen LogP contribution in [0, 0.1) is 0 Å². The smallest absolute Gasteiger partial charge is 0.248 e. The molecule has 0 unspecified atom stereocenters. The second-order valence-corrected chi connectivity index (χ2v) is 1.97. The molecule has 4 nitrogen and oxygen atoms in total. The zero-order chi connectivity index (χ0) is 8.69. The summed E-state index contributed by atoms with van der Waals surface area (Å²) in [6.45, 7) is 1.96. The van der Waals surface area contributed by atoms with E-state index in [1.807, 2.05) is 6.92 Å². The van der Waals surface area contributed by atoms with E-state index in [1.165, 1.54) is 6.08 Å². The van der Waals surface area contributed by atoms with Crippen LogP contribution < -0.4 is 10.4 Å². The molecule has 0 saturated carbocycles. The van der Waals surface area contributed by atoms with E-state index in [4.69, 9.17) is 0 Å². The third kappa shape index (κ3) is 6.57. The highest BCUT2D eigenvalue weighted by Gasteiger charge is 1.91. The molecule has 11 heavy (non-hydrogen) atoms. The molecule has 0 fully saturated rings. The number of allylic oxidation sites excluding steroid dienone is 1. The Kier molecular flexibility index (Phi) is 4.81. The molecule has 0 atom stereocenters. The minimum Gasteiger partial charge on any atom is -0.530 e. The summed E-state index contributed by atoms with van der Waals surface area (Å²) >= 11 is 0. The SMILES string of the molecule is CCC/C=C/C(=O)NC(=O)[O-]. The van der Waals surface area contributed by atoms with Crippen molar-refractivity contribution < 1.29 is 14.7 Å². The number of carboxylic acid groups (broad SMARTS) is 1. The summed E-state index contributed by atoms with van der Waals surface area (Å²) in [6.07, 6.45) is 2.91. The lowest BCUT2D eigenvalue weighted by molar-refractivity contribution is -0.249. The van der Waals surface area contributed by atoms with E-state index in [1.54, 1.807) is 11.4 Å². The first-order chi connectivity index (χ1) is 5.16. The molecule has 2 amide bonds. The second kappa shape index (κ2) is 5.46. The maximum Gasteiger partial charge on any atom is 0.248 e. The number of amides is 2. The number of unbranched alkanes of at least 4 members (excludes halogenated alkanes) is 1. The fourth-order valence-corrected chi connectivity index (χ4v) is 0.499. The van der Waals surface area contributed by atoms with Crippen LogP contribution in [-0.4, -0.2) is 12.0 Å². The highest BCUT2D eigenvalue weighted by molar-refractivity contribution is 5.97. The zero-order valence-electron chi connectivity index (χ0n) is 6.29. The Hall–Kier alpha value is -1.32. The molecule has 62 valence electrons. The Bertz CT molecular complexity index is 175. The Balaban J connectivity index is 3.60. The van der Waals surface area contributed by atoms with Crippen molar-refractivity contribution in [3.63, 3.8) is 0 Å². The molecule has 0 aliphatic heterocycles. The van der Waals surface area contributed by atoms with Crippen molar-refractivity contribution in [2.45, 2.75) is 19.8 Å².